The molecule has 1 N–H and O–H groups in total. The largest absolute Gasteiger partial charge is 0.497 e. The molecule has 1 fully saturated rings. The molecular weight excluding hydrogens is 226 g/mol. The van der Waals surface area contributed by atoms with Crippen LogP contribution in [-0.2, 0) is 4.74 Å². The number of nitrogens with one attached hydrogen (secondary N) is 1. The van der Waals surface area contributed by atoms with E-state index < -0.39 is 0 Å². The second kappa shape index (κ2) is 5.29. The van der Waals surface area contributed by atoms with Gasteiger partial charge in [0.25, 0.3) is 0 Å². The maximum atomic E-state index is 6.01. The SMILES string of the molecule is COc1ccc(C2OCCC(C)(C)NC2C)cc1. The monoisotopic (exact) mass is 249 g/mol. The molecule has 0 radical (unpaired) electrons. The lowest BCUT2D eigenvalue weighted by Gasteiger charge is -2.29. The lowest BCUT2D eigenvalue weighted by Crippen LogP contribution is -2.45. The standard InChI is InChI=1S/C15H23NO2/c1-11-14(18-10-9-15(2,3)16-11)12-5-7-13(17-4)8-6-12/h5-8,11,14,16H,9-10H2,1-4H3. The van der Waals surface area contributed by atoms with Crippen molar-refractivity contribution in [3.8, 4) is 5.75 Å². The van der Waals surface area contributed by atoms with E-state index in [1.54, 1.807) is 7.11 Å². The maximum absolute atomic E-state index is 6.01. The third-order valence-corrected chi connectivity index (χ3v) is 3.54. The molecule has 1 aliphatic rings. The zero-order valence-electron chi connectivity index (χ0n) is 11.7. The molecule has 1 heterocycles. The van der Waals surface area contributed by atoms with Gasteiger partial charge in [0, 0.05) is 18.2 Å². The van der Waals surface area contributed by atoms with Crippen molar-refractivity contribution in [3.05, 3.63) is 29.8 Å². The highest BCUT2D eigenvalue weighted by molar-refractivity contribution is 5.29. The number of hydrogen-bond donors (Lipinski definition) is 1. The van der Waals surface area contributed by atoms with Gasteiger partial charge in [-0.3, -0.25) is 0 Å². The van der Waals surface area contributed by atoms with Gasteiger partial charge in [-0.25, -0.2) is 0 Å². The molecule has 1 aromatic carbocycles. The minimum atomic E-state index is 0.109. The third-order valence-electron chi connectivity index (χ3n) is 3.54. The van der Waals surface area contributed by atoms with Crippen LogP contribution in [0.25, 0.3) is 0 Å². The Morgan fingerprint density at radius 3 is 2.56 bits per heavy atom. The number of hydrogen-bond acceptors (Lipinski definition) is 3. The van der Waals surface area contributed by atoms with Crippen molar-refractivity contribution in [2.24, 2.45) is 0 Å². The van der Waals surface area contributed by atoms with Crippen molar-refractivity contribution >= 4 is 0 Å². The van der Waals surface area contributed by atoms with Crippen LogP contribution in [0.2, 0.25) is 0 Å². The molecule has 1 saturated heterocycles. The van der Waals surface area contributed by atoms with Gasteiger partial charge in [-0.15, -0.1) is 0 Å². The van der Waals surface area contributed by atoms with Crippen molar-refractivity contribution in [3.63, 3.8) is 0 Å². The van der Waals surface area contributed by atoms with E-state index in [9.17, 15) is 0 Å². The number of rotatable bonds is 2. The van der Waals surface area contributed by atoms with Crippen molar-refractivity contribution in [2.75, 3.05) is 13.7 Å². The molecule has 0 aromatic heterocycles. The molecule has 2 atom stereocenters. The van der Waals surface area contributed by atoms with Gasteiger partial charge in [0.2, 0.25) is 0 Å². The molecule has 0 saturated carbocycles. The second-order valence-electron chi connectivity index (χ2n) is 5.63. The van der Waals surface area contributed by atoms with Crippen LogP contribution in [0.4, 0.5) is 0 Å². The number of methoxy groups -OCH3 is 1. The van der Waals surface area contributed by atoms with E-state index in [1.807, 2.05) is 12.1 Å². The molecule has 0 spiro atoms. The molecule has 0 amide bonds. The number of ether oxygens (including phenoxy) is 2. The molecule has 2 unspecified atom stereocenters. The predicted molar refractivity (Wildman–Crippen MR) is 73.0 cm³/mol. The summed E-state index contributed by atoms with van der Waals surface area (Å²) in [5.41, 5.74) is 1.34. The fourth-order valence-corrected chi connectivity index (χ4v) is 2.53. The Morgan fingerprint density at radius 1 is 1.28 bits per heavy atom. The quantitative estimate of drug-likeness (QED) is 0.874. The van der Waals surface area contributed by atoms with Crippen LogP contribution in [-0.4, -0.2) is 25.3 Å². The zero-order chi connectivity index (χ0) is 13.2. The Hall–Kier alpha value is -1.06. The summed E-state index contributed by atoms with van der Waals surface area (Å²) < 4.78 is 11.2. The van der Waals surface area contributed by atoms with Crippen LogP contribution in [0.15, 0.2) is 24.3 Å². The van der Waals surface area contributed by atoms with E-state index in [1.165, 1.54) is 5.56 Å². The van der Waals surface area contributed by atoms with Crippen LogP contribution in [0, 0.1) is 0 Å². The fourth-order valence-electron chi connectivity index (χ4n) is 2.53. The molecule has 0 aliphatic carbocycles. The smallest absolute Gasteiger partial charge is 0.118 e. The first kappa shape index (κ1) is 13.4. The highest BCUT2D eigenvalue weighted by Crippen LogP contribution is 2.28. The van der Waals surface area contributed by atoms with Crippen LogP contribution >= 0.6 is 0 Å². The summed E-state index contributed by atoms with van der Waals surface area (Å²) in [5, 5.41) is 3.64. The van der Waals surface area contributed by atoms with Gasteiger partial charge in [-0.2, -0.15) is 0 Å². The molecule has 0 bridgehead atoms. The van der Waals surface area contributed by atoms with Gasteiger partial charge in [0.05, 0.1) is 13.2 Å². The Kier molecular flexibility index (Phi) is 3.93. The molecule has 100 valence electrons. The van der Waals surface area contributed by atoms with Crippen molar-refractivity contribution in [1.29, 1.82) is 0 Å². The van der Waals surface area contributed by atoms with E-state index in [0.717, 1.165) is 18.8 Å². The van der Waals surface area contributed by atoms with E-state index in [0.29, 0.717) is 6.04 Å². The van der Waals surface area contributed by atoms with Crippen LogP contribution < -0.4 is 10.1 Å². The summed E-state index contributed by atoms with van der Waals surface area (Å²) in [4.78, 5) is 0. The van der Waals surface area contributed by atoms with Gasteiger partial charge in [0.1, 0.15) is 5.75 Å². The van der Waals surface area contributed by atoms with Gasteiger partial charge >= 0.3 is 0 Å². The normalized spacial score (nSPS) is 27.6. The summed E-state index contributed by atoms with van der Waals surface area (Å²) >= 11 is 0. The maximum Gasteiger partial charge on any atom is 0.118 e. The van der Waals surface area contributed by atoms with Crippen molar-refractivity contribution < 1.29 is 9.47 Å². The Labute approximate surface area is 109 Å². The molecule has 1 aromatic rings. The molecule has 1 aliphatic heterocycles. The van der Waals surface area contributed by atoms with E-state index in [2.05, 4.69) is 38.2 Å². The topological polar surface area (TPSA) is 30.5 Å². The zero-order valence-corrected chi connectivity index (χ0v) is 11.7. The first-order valence-electron chi connectivity index (χ1n) is 6.55. The van der Waals surface area contributed by atoms with E-state index in [4.69, 9.17) is 9.47 Å². The second-order valence-corrected chi connectivity index (χ2v) is 5.63. The molecule has 18 heavy (non-hydrogen) atoms. The van der Waals surface area contributed by atoms with Crippen LogP contribution in [0.3, 0.4) is 0 Å². The summed E-state index contributed by atoms with van der Waals surface area (Å²) in [6.07, 6.45) is 1.14. The average molecular weight is 249 g/mol. The summed E-state index contributed by atoms with van der Waals surface area (Å²) in [6, 6.07) is 8.44. The van der Waals surface area contributed by atoms with Crippen molar-refractivity contribution in [2.45, 2.75) is 44.9 Å². The van der Waals surface area contributed by atoms with Gasteiger partial charge in [-0.1, -0.05) is 12.1 Å². The summed E-state index contributed by atoms with van der Waals surface area (Å²) in [5.74, 6) is 0.883. The Morgan fingerprint density at radius 2 is 1.94 bits per heavy atom. The van der Waals surface area contributed by atoms with E-state index >= 15 is 0 Å². The Balaban J connectivity index is 2.15. The molecule has 3 heteroatoms. The average Bonchev–Trinajstić information content (AvgIpc) is 2.47. The summed E-state index contributed by atoms with van der Waals surface area (Å²) in [6.45, 7) is 7.43. The lowest BCUT2D eigenvalue weighted by molar-refractivity contribution is 0.0460. The first-order valence-corrected chi connectivity index (χ1v) is 6.55. The van der Waals surface area contributed by atoms with Gasteiger partial charge < -0.3 is 14.8 Å². The highest BCUT2D eigenvalue weighted by atomic mass is 16.5. The first-order chi connectivity index (χ1) is 8.52. The fraction of sp³-hybridized carbons (Fsp3) is 0.600. The van der Waals surface area contributed by atoms with Gasteiger partial charge in [0.15, 0.2) is 0 Å². The minimum absolute atomic E-state index is 0.109. The number of benzene rings is 1. The molecule has 3 nitrogen and oxygen atoms in total. The Bertz CT molecular complexity index is 386. The minimum Gasteiger partial charge on any atom is -0.497 e. The van der Waals surface area contributed by atoms with E-state index in [-0.39, 0.29) is 11.6 Å². The predicted octanol–water partition coefficient (Wildman–Crippen LogP) is 2.91. The van der Waals surface area contributed by atoms with Crippen LogP contribution in [0.5, 0.6) is 5.75 Å². The van der Waals surface area contributed by atoms with Gasteiger partial charge in [-0.05, 0) is 44.9 Å². The van der Waals surface area contributed by atoms with Crippen LogP contribution in [0.1, 0.15) is 38.9 Å². The summed E-state index contributed by atoms with van der Waals surface area (Å²) in [7, 11) is 1.68. The highest BCUT2D eigenvalue weighted by Gasteiger charge is 2.30. The third kappa shape index (κ3) is 3.03. The molecular formula is C15H23NO2. The lowest BCUT2D eigenvalue weighted by atomic mass is 9.98. The molecule has 2 rings (SSSR count). The van der Waals surface area contributed by atoms with Crippen molar-refractivity contribution in [1.82, 2.24) is 5.32 Å².